The minimum Gasteiger partial charge on any atom is -0.495 e. The smallest absolute Gasteiger partial charge is 0.169 e. The van der Waals surface area contributed by atoms with Gasteiger partial charge in [-0.3, -0.25) is 4.79 Å². The van der Waals surface area contributed by atoms with Gasteiger partial charge in [-0.15, -0.1) is 0 Å². The van der Waals surface area contributed by atoms with Gasteiger partial charge in [0.2, 0.25) is 0 Å². The Bertz CT molecular complexity index is 485. The van der Waals surface area contributed by atoms with Crippen LogP contribution in [0.2, 0.25) is 0 Å². The molecule has 1 aromatic rings. The van der Waals surface area contributed by atoms with Crippen LogP contribution in [0.25, 0.3) is 0 Å². The summed E-state index contributed by atoms with van der Waals surface area (Å²) >= 11 is 3.44. The predicted octanol–water partition coefficient (Wildman–Crippen LogP) is 4.09. The van der Waals surface area contributed by atoms with Crippen molar-refractivity contribution in [2.45, 2.75) is 26.2 Å². The van der Waals surface area contributed by atoms with E-state index in [2.05, 4.69) is 22.9 Å². The van der Waals surface area contributed by atoms with E-state index in [-0.39, 0.29) is 11.7 Å². The van der Waals surface area contributed by atoms with Crippen molar-refractivity contribution in [2.24, 2.45) is 11.8 Å². The zero-order valence-corrected chi connectivity index (χ0v) is 13.1. The predicted molar refractivity (Wildman–Crippen MR) is 78.1 cm³/mol. The van der Waals surface area contributed by atoms with Gasteiger partial charge in [-0.2, -0.15) is 0 Å². The quantitative estimate of drug-likeness (QED) is 0.782. The lowest BCUT2D eigenvalue weighted by molar-refractivity contribution is 0.0917. The summed E-state index contributed by atoms with van der Waals surface area (Å²) in [6.45, 7) is 2.20. The van der Waals surface area contributed by atoms with Crippen LogP contribution in [-0.4, -0.2) is 20.0 Å². The van der Waals surface area contributed by atoms with Crippen LogP contribution < -0.4 is 9.47 Å². The van der Waals surface area contributed by atoms with Crippen LogP contribution in [0.3, 0.4) is 0 Å². The molecule has 0 heterocycles. The van der Waals surface area contributed by atoms with Crippen molar-refractivity contribution in [2.75, 3.05) is 14.2 Å². The average molecular weight is 327 g/mol. The molecule has 104 valence electrons. The van der Waals surface area contributed by atoms with E-state index in [1.165, 1.54) is 0 Å². The molecule has 0 saturated heterocycles. The van der Waals surface area contributed by atoms with Crippen LogP contribution in [0.15, 0.2) is 16.6 Å². The zero-order valence-electron chi connectivity index (χ0n) is 11.5. The molecule has 2 unspecified atom stereocenters. The number of benzene rings is 1. The molecule has 19 heavy (non-hydrogen) atoms. The maximum Gasteiger partial charge on any atom is 0.169 e. The molecule has 0 aliphatic heterocycles. The highest BCUT2D eigenvalue weighted by Crippen LogP contribution is 2.40. The van der Waals surface area contributed by atoms with Crippen LogP contribution >= 0.6 is 15.9 Å². The van der Waals surface area contributed by atoms with Crippen molar-refractivity contribution in [3.8, 4) is 11.5 Å². The number of ketones is 1. The van der Waals surface area contributed by atoms with E-state index in [1.807, 2.05) is 0 Å². The molecule has 0 radical (unpaired) electrons. The van der Waals surface area contributed by atoms with Gasteiger partial charge in [0.1, 0.15) is 16.0 Å². The number of Topliss-reactive ketones (excluding diaryl/α,β-unsaturated/α-hetero) is 1. The van der Waals surface area contributed by atoms with E-state index in [0.29, 0.717) is 27.5 Å². The van der Waals surface area contributed by atoms with Crippen molar-refractivity contribution in [1.29, 1.82) is 0 Å². The Kier molecular flexibility index (Phi) is 4.50. The van der Waals surface area contributed by atoms with Gasteiger partial charge in [-0.05, 0) is 53.2 Å². The fourth-order valence-electron chi connectivity index (χ4n) is 2.75. The molecule has 1 aromatic carbocycles. The van der Waals surface area contributed by atoms with Crippen LogP contribution in [0, 0.1) is 11.8 Å². The SMILES string of the molecule is COc1ccc(C(=O)C2CCC(C)C2)c(OC)c1Br. The Morgan fingerprint density at radius 2 is 2.00 bits per heavy atom. The number of carbonyl (C=O) groups excluding carboxylic acids is 1. The first kappa shape index (κ1) is 14.4. The average Bonchev–Trinajstić information content (AvgIpc) is 2.84. The molecule has 1 aliphatic rings. The second-order valence-corrected chi connectivity index (χ2v) is 5.94. The molecule has 2 rings (SSSR count). The highest BCUT2D eigenvalue weighted by atomic mass is 79.9. The summed E-state index contributed by atoms with van der Waals surface area (Å²) in [6.07, 6.45) is 3.09. The summed E-state index contributed by atoms with van der Waals surface area (Å²) < 4.78 is 11.3. The molecule has 3 nitrogen and oxygen atoms in total. The molecule has 4 heteroatoms. The third-order valence-corrected chi connectivity index (χ3v) is 4.57. The Morgan fingerprint density at radius 3 is 2.53 bits per heavy atom. The summed E-state index contributed by atoms with van der Waals surface area (Å²) in [5, 5.41) is 0. The standard InChI is InChI=1S/C15H19BrO3/c1-9-4-5-10(8-9)14(17)11-6-7-12(18-2)13(16)15(11)19-3/h6-7,9-10H,4-5,8H2,1-3H3. The first-order chi connectivity index (χ1) is 9.08. The minimum atomic E-state index is 0.129. The monoisotopic (exact) mass is 326 g/mol. The molecule has 0 spiro atoms. The molecular formula is C15H19BrO3. The van der Waals surface area contributed by atoms with Gasteiger partial charge in [0.05, 0.1) is 19.8 Å². The summed E-state index contributed by atoms with van der Waals surface area (Å²) in [7, 11) is 3.17. The van der Waals surface area contributed by atoms with Gasteiger partial charge in [-0.25, -0.2) is 0 Å². The van der Waals surface area contributed by atoms with E-state index >= 15 is 0 Å². The highest BCUT2D eigenvalue weighted by molar-refractivity contribution is 9.10. The number of hydrogen-bond acceptors (Lipinski definition) is 3. The van der Waals surface area contributed by atoms with Crippen LogP contribution in [-0.2, 0) is 0 Å². The molecule has 0 N–H and O–H groups in total. The third kappa shape index (κ3) is 2.78. The second kappa shape index (κ2) is 5.95. The van der Waals surface area contributed by atoms with E-state index in [0.717, 1.165) is 19.3 Å². The summed E-state index contributed by atoms with van der Waals surface area (Å²) in [6, 6.07) is 3.60. The van der Waals surface area contributed by atoms with Gasteiger partial charge < -0.3 is 9.47 Å². The van der Waals surface area contributed by atoms with Gasteiger partial charge in [0.15, 0.2) is 5.78 Å². The molecular weight excluding hydrogens is 308 g/mol. The number of ether oxygens (including phenoxy) is 2. The lowest BCUT2D eigenvalue weighted by Crippen LogP contribution is -2.13. The summed E-state index contributed by atoms with van der Waals surface area (Å²) in [4.78, 5) is 12.6. The minimum absolute atomic E-state index is 0.129. The lowest BCUT2D eigenvalue weighted by atomic mass is 9.94. The third-order valence-electron chi connectivity index (χ3n) is 3.82. The van der Waals surface area contributed by atoms with E-state index in [1.54, 1.807) is 26.4 Å². The highest BCUT2D eigenvalue weighted by Gasteiger charge is 2.30. The maximum atomic E-state index is 12.6. The Labute approximate surface area is 122 Å². The number of methoxy groups -OCH3 is 2. The van der Waals surface area contributed by atoms with Crippen molar-refractivity contribution >= 4 is 21.7 Å². The van der Waals surface area contributed by atoms with Crippen LogP contribution in [0.4, 0.5) is 0 Å². The van der Waals surface area contributed by atoms with Crippen LogP contribution in [0.1, 0.15) is 36.5 Å². The lowest BCUT2D eigenvalue weighted by Gasteiger charge is -2.15. The summed E-state index contributed by atoms with van der Waals surface area (Å²) in [5.41, 5.74) is 0.647. The Hall–Kier alpha value is -1.03. The van der Waals surface area contributed by atoms with Gasteiger partial charge in [0, 0.05) is 5.92 Å². The van der Waals surface area contributed by atoms with Crippen LogP contribution in [0.5, 0.6) is 11.5 Å². The molecule has 1 aliphatic carbocycles. The Balaban J connectivity index is 2.34. The topological polar surface area (TPSA) is 35.5 Å². The molecule has 0 bridgehead atoms. The van der Waals surface area contributed by atoms with E-state index < -0.39 is 0 Å². The number of halogens is 1. The van der Waals surface area contributed by atoms with E-state index in [4.69, 9.17) is 9.47 Å². The summed E-state index contributed by atoms with van der Waals surface area (Å²) in [5.74, 6) is 2.20. The van der Waals surface area contributed by atoms with Gasteiger partial charge in [-0.1, -0.05) is 6.92 Å². The number of carbonyl (C=O) groups is 1. The Morgan fingerprint density at radius 1 is 1.26 bits per heavy atom. The fourth-order valence-corrected chi connectivity index (χ4v) is 3.42. The first-order valence-corrected chi connectivity index (χ1v) is 7.32. The first-order valence-electron chi connectivity index (χ1n) is 6.53. The second-order valence-electron chi connectivity index (χ2n) is 5.14. The van der Waals surface area contributed by atoms with Crippen molar-refractivity contribution in [1.82, 2.24) is 0 Å². The number of rotatable bonds is 4. The van der Waals surface area contributed by atoms with Crippen molar-refractivity contribution < 1.29 is 14.3 Å². The zero-order chi connectivity index (χ0) is 14.0. The number of hydrogen-bond donors (Lipinski definition) is 0. The van der Waals surface area contributed by atoms with Gasteiger partial charge >= 0.3 is 0 Å². The van der Waals surface area contributed by atoms with Crippen molar-refractivity contribution in [3.63, 3.8) is 0 Å². The molecule has 2 atom stereocenters. The maximum absolute atomic E-state index is 12.6. The van der Waals surface area contributed by atoms with Gasteiger partial charge in [0.25, 0.3) is 0 Å². The van der Waals surface area contributed by atoms with E-state index in [9.17, 15) is 4.79 Å². The molecule has 1 fully saturated rings. The normalized spacial score (nSPS) is 22.3. The molecule has 0 amide bonds. The largest absolute Gasteiger partial charge is 0.495 e. The molecule has 1 saturated carbocycles. The van der Waals surface area contributed by atoms with Crippen molar-refractivity contribution in [3.05, 3.63) is 22.2 Å². The fraction of sp³-hybridized carbons (Fsp3) is 0.533. The molecule has 0 aromatic heterocycles.